The Kier molecular flexibility index (Phi) is 2.40. The van der Waals surface area contributed by atoms with Crippen LogP contribution in [0.15, 0.2) is 28.7 Å². The Hall–Kier alpha value is -0.800. The largest absolute Gasteiger partial charge is 0.346 e. The number of hydrogen-bond donors (Lipinski definition) is 1. The maximum absolute atomic E-state index is 6.14. The van der Waals surface area contributed by atoms with Crippen LogP contribution >= 0.6 is 15.9 Å². The van der Waals surface area contributed by atoms with Gasteiger partial charge in [0.1, 0.15) is 0 Å². The number of halogens is 1. The first-order chi connectivity index (χ1) is 6.91. The third-order valence-electron chi connectivity index (χ3n) is 2.69. The molecule has 2 N–H and O–H groups in total. The van der Waals surface area contributed by atoms with Crippen molar-refractivity contribution >= 4 is 26.8 Å². The normalized spacial score (nSPS) is 12.3. The fourth-order valence-electron chi connectivity index (χ4n) is 1.94. The minimum atomic E-state index is -0.312. The summed E-state index contributed by atoms with van der Waals surface area (Å²) in [6.45, 7) is 4.05. The standard InChI is InChI=1S/C12H15BrN2/c1-12(2,14)11-7-8-9(13)5-4-6-10(8)15(11)3/h4-7H,14H2,1-3H3. The molecule has 0 amide bonds. The lowest BCUT2D eigenvalue weighted by Gasteiger charge is -2.19. The maximum atomic E-state index is 6.14. The molecule has 2 aromatic rings. The first-order valence-corrected chi connectivity index (χ1v) is 5.74. The Morgan fingerprint density at radius 1 is 1.33 bits per heavy atom. The van der Waals surface area contributed by atoms with Crippen molar-refractivity contribution < 1.29 is 0 Å². The van der Waals surface area contributed by atoms with Crippen LogP contribution in [0.5, 0.6) is 0 Å². The second kappa shape index (κ2) is 3.35. The Labute approximate surface area is 98.2 Å². The van der Waals surface area contributed by atoms with Crippen molar-refractivity contribution in [3.63, 3.8) is 0 Å². The number of benzene rings is 1. The van der Waals surface area contributed by atoms with E-state index in [0.717, 1.165) is 10.2 Å². The molecular formula is C12H15BrN2. The molecule has 0 atom stereocenters. The number of nitrogens with two attached hydrogens (primary N) is 1. The molecule has 0 aliphatic heterocycles. The molecule has 0 unspecified atom stereocenters. The van der Waals surface area contributed by atoms with E-state index in [1.165, 1.54) is 10.9 Å². The topological polar surface area (TPSA) is 30.9 Å². The van der Waals surface area contributed by atoms with Crippen LogP contribution in [0.25, 0.3) is 10.9 Å². The van der Waals surface area contributed by atoms with E-state index in [2.05, 4.69) is 45.7 Å². The van der Waals surface area contributed by atoms with Crippen LogP contribution in [0.1, 0.15) is 19.5 Å². The van der Waals surface area contributed by atoms with Crippen LogP contribution in [-0.4, -0.2) is 4.57 Å². The Balaban J connectivity index is 2.81. The summed E-state index contributed by atoms with van der Waals surface area (Å²) in [6, 6.07) is 8.35. The van der Waals surface area contributed by atoms with Crippen LogP contribution in [0.2, 0.25) is 0 Å². The third-order valence-corrected chi connectivity index (χ3v) is 3.39. The molecule has 3 heteroatoms. The number of rotatable bonds is 1. The number of aromatic nitrogens is 1. The zero-order valence-electron chi connectivity index (χ0n) is 9.21. The van der Waals surface area contributed by atoms with Gasteiger partial charge in [-0.2, -0.15) is 0 Å². The van der Waals surface area contributed by atoms with Gasteiger partial charge in [0.2, 0.25) is 0 Å². The average Bonchev–Trinajstić information content (AvgIpc) is 2.45. The van der Waals surface area contributed by atoms with Gasteiger partial charge in [-0.05, 0) is 32.0 Å². The zero-order chi connectivity index (χ0) is 11.2. The van der Waals surface area contributed by atoms with Crippen LogP contribution in [0.4, 0.5) is 0 Å². The van der Waals surface area contributed by atoms with Crippen LogP contribution in [0, 0.1) is 0 Å². The maximum Gasteiger partial charge on any atom is 0.0506 e. The molecule has 1 heterocycles. The Morgan fingerprint density at radius 2 is 2.00 bits per heavy atom. The summed E-state index contributed by atoms with van der Waals surface area (Å²) in [5.41, 5.74) is 8.17. The number of hydrogen-bond acceptors (Lipinski definition) is 1. The number of aryl methyl sites for hydroxylation is 1. The molecule has 0 spiro atoms. The number of fused-ring (bicyclic) bond motifs is 1. The summed E-state index contributed by atoms with van der Waals surface area (Å²) < 4.78 is 3.27. The lowest BCUT2D eigenvalue weighted by Crippen LogP contribution is -2.30. The van der Waals surface area contributed by atoms with Gasteiger partial charge in [-0.1, -0.05) is 22.0 Å². The van der Waals surface area contributed by atoms with Crippen LogP contribution in [-0.2, 0) is 12.6 Å². The minimum absolute atomic E-state index is 0.312. The molecule has 0 bridgehead atoms. The van der Waals surface area contributed by atoms with Crippen molar-refractivity contribution in [2.75, 3.05) is 0 Å². The Morgan fingerprint density at radius 3 is 2.53 bits per heavy atom. The fraction of sp³-hybridized carbons (Fsp3) is 0.333. The van der Waals surface area contributed by atoms with Gasteiger partial charge in [0, 0.05) is 28.1 Å². The molecular weight excluding hydrogens is 252 g/mol. The van der Waals surface area contributed by atoms with Crippen molar-refractivity contribution in [1.29, 1.82) is 0 Å². The second-order valence-electron chi connectivity index (χ2n) is 4.48. The molecule has 0 aliphatic rings. The first kappa shape index (κ1) is 10.7. The van der Waals surface area contributed by atoms with Gasteiger partial charge >= 0.3 is 0 Å². The van der Waals surface area contributed by atoms with Gasteiger partial charge in [0.15, 0.2) is 0 Å². The monoisotopic (exact) mass is 266 g/mol. The summed E-state index contributed by atoms with van der Waals surface area (Å²) in [5.74, 6) is 0. The SMILES string of the molecule is Cn1c(C(C)(C)N)cc2c(Br)cccc21. The van der Waals surface area contributed by atoms with Crippen molar-refractivity contribution in [2.24, 2.45) is 12.8 Å². The molecule has 15 heavy (non-hydrogen) atoms. The highest BCUT2D eigenvalue weighted by molar-refractivity contribution is 9.10. The highest BCUT2D eigenvalue weighted by Gasteiger charge is 2.20. The first-order valence-electron chi connectivity index (χ1n) is 4.94. The highest BCUT2D eigenvalue weighted by atomic mass is 79.9. The summed E-state index contributed by atoms with van der Waals surface area (Å²) in [7, 11) is 2.05. The second-order valence-corrected chi connectivity index (χ2v) is 5.34. The van der Waals surface area contributed by atoms with Crippen molar-refractivity contribution in [1.82, 2.24) is 4.57 Å². The van der Waals surface area contributed by atoms with Gasteiger partial charge in [0.25, 0.3) is 0 Å². The summed E-state index contributed by atoms with van der Waals surface area (Å²) in [4.78, 5) is 0. The van der Waals surface area contributed by atoms with Gasteiger partial charge in [-0.3, -0.25) is 0 Å². The van der Waals surface area contributed by atoms with Crippen LogP contribution in [0.3, 0.4) is 0 Å². The van der Waals surface area contributed by atoms with E-state index in [1.54, 1.807) is 0 Å². The van der Waals surface area contributed by atoms with E-state index in [-0.39, 0.29) is 5.54 Å². The Bertz CT molecular complexity index is 506. The summed E-state index contributed by atoms with van der Waals surface area (Å²) >= 11 is 3.56. The highest BCUT2D eigenvalue weighted by Crippen LogP contribution is 2.30. The molecule has 2 rings (SSSR count). The van der Waals surface area contributed by atoms with E-state index in [0.29, 0.717) is 0 Å². The molecule has 0 aliphatic carbocycles. The molecule has 0 radical (unpaired) electrons. The third kappa shape index (κ3) is 1.70. The van der Waals surface area contributed by atoms with Gasteiger partial charge in [-0.25, -0.2) is 0 Å². The predicted molar refractivity (Wildman–Crippen MR) is 67.8 cm³/mol. The van der Waals surface area contributed by atoms with E-state index in [1.807, 2.05) is 19.9 Å². The average molecular weight is 267 g/mol. The van der Waals surface area contributed by atoms with E-state index >= 15 is 0 Å². The lowest BCUT2D eigenvalue weighted by molar-refractivity contribution is 0.516. The van der Waals surface area contributed by atoms with Crippen LogP contribution < -0.4 is 5.73 Å². The predicted octanol–water partition coefficient (Wildman–Crippen LogP) is 3.13. The summed E-state index contributed by atoms with van der Waals surface area (Å²) in [5, 5.41) is 1.22. The summed E-state index contributed by atoms with van der Waals surface area (Å²) in [6.07, 6.45) is 0. The molecule has 0 saturated carbocycles. The lowest BCUT2D eigenvalue weighted by atomic mass is 10.0. The molecule has 1 aromatic heterocycles. The van der Waals surface area contributed by atoms with Crippen molar-refractivity contribution in [3.8, 4) is 0 Å². The van der Waals surface area contributed by atoms with Gasteiger partial charge < -0.3 is 10.3 Å². The zero-order valence-corrected chi connectivity index (χ0v) is 10.8. The van der Waals surface area contributed by atoms with Gasteiger partial charge in [-0.15, -0.1) is 0 Å². The van der Waals surface area contributed by atoms with E-state index in [9.17, 15) is 0 Å². The van der Waals surface area contributed by atoms with E-state index < -0.39 is 0 Å². The fourth-order valence-corrected chi connectivity index (χ4v) is 2.41. The number of nitrogens with zero attached hydrogens (tertiary/aromatic N) is 1. The molecule has 2 nitrogen and oxygen atoms in total. The smallest absolute Gasteiger partial charge is 0.0506 e. The van der Waals surface area contributed by atoms with Crippen molar-refractivity contribution in [3.05, 3.63) is 34.4 Å². The van der Waals surface area contributed by atoms with E-state index in [4.69, 9.17) is 5.73 Å². The quantitative estimate of drug-likeness (QED) is 0.845. The van der Waals surface area contributed by atoms with Crippen molar-refractivity contribution in [2.45, 2.75) is 19.4 Å². The molecule has 1 aromatic carbocycles. The minimum Gasteiger partial charge on any atom is -0.346 e. The van der Waals surface area contributed by atoms with Gasteiger partial charge in [0.05, 0.1) is 5.54 Å². The molecule has 0 saturated heterocycles. The molecule has 80 valence electrons. The molecule has 0 fully saturated rings.